The number of hydrogen-bond donors (Lipinski definition) is 1. The van der Waals surface area contributed by atoms with Crippen molar-refractivity contribution in [1.82, 2.24) is 4.90 Å². The van der Waals surface area contributed by atoms with Gasteiger partial charge in [0.2, 0.25) is 0 Å². The van der Waals surface area contributed by atoms with Gasteiger partial charge in [0.1, 0.15) is 0 Å². The van der Waals surface area contributed by atoms with Gasteiger partial charge >= 0.3 is 0 Å². The number of anilines is 2. The molecule has 7 heteroatoms. The number of benzene rings is 2. The van der Waals surface area contributed by atoms with E-state index in [1.165, 1.54) is 6.26 Å². The minimum atomic E-state index is -3.36. The lowest BCUT2D eigenvalue weighted by Crippen LogP contribution is -2.44. The van der Waals surface area contributed by atoms with Crippen LogP contribution in [-0.2, 0) is 9.84 Å². The van der Waals surface area contributed by atoms with E-state index in [9.17, 15) is 8.42 Å². The van der Waals surface area contributed by atoms with Crippen molar-refractivity contribution in [1.29, 1.82) is 0 Å². The highest BCUT2D eigenvalue weighted by atomic mass is 32.2. The average Bonchev–Trinajstić information content (AvgIpc) is 2.63. The van der Waals surface area contributed by atoms with Gasteiger partial charge in [-0.15, -0.1) is 0 Å². The van der Waals surface area contributed by atoms with Crippen LogP contribution in [0.2, 0.25) is 0 Å². The second kappa shape index (κ2) is 7.88. The van der Waals surface area contributed by atoms with Gasteiger partial charge < -0.3 is 9.80 Å². The number of rotatable bonds is 5. The first kappa shape index (κ1) is 18.4. The smallest absolute Gasteiger partial charge is 0.176 e. The van der Waals surface area contributed by atoms with Crippen molar-refractivity contribution in [3.05, 3.63) is 54.1 Å². The monoisotopic (exact) mass is 372 g/mol. The Hall–Kier alpha value is -2.38. The lowest BCUT2D eigenvalue weighted by molar-refractivity contribution is 0.313. The third kappa shape index (κ3) is 4.62. The van der Waals surface area contributed by atoms with Gasteiger partial charge in [-0.1, -0.05) is 18.2 Å². The lowest BCUT2D eigenvalue weighted by atomic mass is 10.2. The molecule has 1 aliphatic heterocycles. The molecule has 0 spiro atoms. The van der Waals surface area contributed by atoms with Crippen LogP contribution >= 0.6 is 0 Å². The highest BCUT2D eigenvalue weighted by molar-refractivity contribution is 7.90. The minimum Gasteiger partial charge on any atom is -0.369 e. The second-order valence-electron chi connectivity index (χ2n) is 6.52. The molecule has 0 bridgehead atoms. The second-order valence-corrected chi connectivity index (χ2v) is 8.50. The van der Waals surface area contributed by atoms with Crippen molar-refractivity contribution in [2.24, 2.45) is 5.10 Å². The SMILES string of the molecule is CN1CCN(c2ccc(C=NNc3ccccc3)c(S(C)(=O)=O)c2)CC1. The molecule has 1 fully saturated rings. The van der Waals surface area contributed by atoms with Gasteiger partial charge in [-0.25, -0.2) is 8.42 Å². The Labute approximate surface area is 155 Å². The van der Waals surface area contributed by atoms with Crippen LogP contribution in [0.25, 0.3) is 0 Å². The van der Waals surface area contributed by atoms with Gasteiger partial charge in [-0.2, -0.15) is 5.10 Å². The summed E-state index contributed by atoms with van der Waals surface area (Å²) in [4.78, 5) is 4.79. The highest BCUT2D eigenvalue weighted by Gasteiger charge is 2.18. The maximum atomic E-state index is 12.3. The fraction of sp³-hybridized carbons (Fsp3) is 0.316. The van der Waals surface area contributed by atoms with Crippen molar-refractivity contribution in [3.63, 3.8) is 0 Å². The Balaban J connectivity index is 1.83. The van der Waals surface area contributed by atoms with Crippen molar-refractivity contribution < 1.29 is 8.42 Å². The number of hydrogen-bond acceptors (Lipinski definition) is 6. The molecule has 2 aromatic carbocycles. The molecule has 0 saturated carbocycles. The van der Waals surface area contributed by atoms with Gasteiger partial charge in [0, 0.05) is 43.7 Å². The van der Waals surface area contributed by atoms with Crippen LogP contribution < -0.4 is 10.3 Å². The highest BCUT2D eigenvalue weighted by Crippen LogP contribution is 2.23. The van der Waals surface area contributed by atoms with Crippen LogP contribution in [0.1, 0.15) is 5.56 Å². The molecular formula is C19H24N4O2S. The van der Waals surface area contributed by atoms with Crippen LogP contribution in [-0.4, -0.2) is 59.0 Å². The first-order chi connectivity index (χ1) is 12.4. The molecular weight excluding hydrogens is 348 g/mol. The third-order valence-corrected chi connectivity index (χ3v) is 5.59. The predicted octanol–water partition coefficient (Wildman–Crippen LogP) is 2.29. The Kier molecular flexibility index (Phi) is 5.58. The number of piperazine rings is 1. The van der Waals surface area contributed by atoms with E-state index in [1.54, 1.807) is 12.3 Å². The Morgan fingerprint density at radius 1 is 1.04 bits per heavy atom. The topological polar surface area (TPSA) is 65.0 Å². The standard InChI is InChI=1S/C19H24N4O2S/c1-22-10-12-23(13-11-22)18-9-8-16(19(14-18)26(2,24)25)15-20-21-17-6-4-3-5-7-17/h3-9,14-15,21H,10-13H2,1-2H3. The van der Waals surface area contributed by atoms with Gasteiger partial charge in [-0.05, 0) is 37.4 Å². The predicted molar refractivity (Wildman–Crippen MR) is 107 cm³/mol. The number of para-hydroxylation sites is 1. The number of likely N-dealkylation sites (N-methyl/N-ethyl adjacent to an activating group) is 1. The Morgan fingerprint density at radius 3 is 2.38 bits per heavy atom. The summed E-state index contributed by atoms with van der Waals surface area (Å²) >= 11 is 0. The summed E-state index contributed by atoms with van der Waals surface area (Å²) in [6, 6.07) is 15.1. The van der Waals surface area contributed by atoms with E-state index in [2.05, 4.69) is 27.4 Å². The number of hydrazone groups is 1. The van der Waals surface area contributed by atoms with Crippen molar-refractivity contribution >= 4 is 27.4 Å². The summed E-state index contributed by atoms with van der Waals surface area (Å²) in [5.74, 6) is 0. The zero-order valence-electron chi connectivity index (χ0n) is 15.1. The summed E-state index contributed by atoms with van der Waals surface area (Å²) in [6.45, 7) is 3.72. The largest absolute Gasteiger partial charge is 0.369 e. The van der Waals surface area contributed by atoms with Crippen molar-refractivity contribution in [2.45, 2.75) is 4.90 Å². The molecule has 1 saturated heterocycles. The van der Waals surface area contributed by atoms with Crippen molar-refractivity contribution in [3.8, 4) is 0 Å². The fourth-order valence-electron chi connectivity index (χ4n) is 2.90. The number of nitrogens with zero attached hydrogens (tertiary/aromatic N) is 3. The normalized spacial score (nSPS) is 16.2. The molecule has 26 heavy (non-hydrogen) atoms. The third-order valence-electron chi connectivity index (χ3n) is 4.44. The van der Waals surface area contributed by atoms with Crippen LogP contribution in [0.15, 0.2) is 58.5 Å². The van der Waals surface area contributed by atoms with E-state index in [4.69, 9.17) is 0 Å². The maximum absolute atomic E-state index is 12.3. The quantitative estimate of drug-likeness (QED) is 0.644. The zero-order valence-corrected chi connectivity index (χ0v) is 15.9. The van der Waals surface area contributed by atoms with Gasteiger partial charge in [0.25, 0.3) is 0 Å². The van der Waals surface area contributed by atoms with E-state index in [-0.39, 0.29) is 0 Å². The molecule has 0 aliphatic carbocycles. The Morgan fingerprint density at radius 2 is 1.73 bits per heavy atom. The summed E-state index contributed by atoms with van der Waals surface area (Å²) < 4.78 is 24.5. The van der Waals surface area contributed by atoms with Crippen LogP contribution in [0.3, 0.4) is 0 Å². The van der Waals surface area contributed by atoms with E-state index in [0.29, 0.717) is 10.5 Å². The minimum absolute atomic E-state index is 0.299. The molecule has 1 heterocycles. The van der Waals surface area contributed by atoms with E-state index in [0.717, 1.165) is 37.6 Å². The lowest BCUT2D eigenvalue weighted by Gasteiger charge is -2.34. The van der Waals surface area contributed by atoms with Gasteiger partial charge in [-0.3, -0.25) is 5.43 Å². The average molecular weight is 372 g/mol. The molecule has 2 aromatic rings. The number of nitrogens with one attached hydrogen (secondary N) is 1. The van der Waals surface area contributed by atoms with E-state index >= 15 is 0 Å². The summed E-state index contributed by atoms with van der Waals surface area (Å²) in [5, 5.41) is 4.18. The molecule has 0 amide bonds. The Bertz CT molecular complexity index is 874. The fourth-order valence-corrected chi connectivity index (χ4v) is 3.78. The first-order valence-corrected chi connectivity index (χ1v) is 10.4. The molecule has 6 nitrogen and oxygen atoms in total. The summed E-state index contributed by atoms with van der Waals surface area (Å²) in [5.41, 5.74) is 5.27. The van der Waals surface area contributed by atoms with Gasteiger partial charge in [0.15, 0.2) is 9.84 Å². The first-order valence-electron chi connectivity index (χ1n) is 8.55. The zero-order chi connectivity index (χ0) is 18.6. The molecule has 1 N–H and O–H groups in total. The molecule has 0 aromatic heterocycles. The van der Waals surface area contributed by atoms with Crippen LogP contribution in [0, 0.1) is 0 Å². The molecule has 0 atom stereocenters. The maximum Gasteiger partial charge on any atom is 0.176 e. The molecule has 3 rings (SSSR count). The molecule has 0 unspecified atom stereocenters. The molecule has 138 valence electrons. The van der Waals surface area contributed by atoms with Gasteiger partial charge in [0.05, 0.1) is 16.8 Å². The van der Waals surface area contributed by atoms with E-state index in [1.807, 2.05) is 42.5 Å². The van der Waals surface area contributed by atoms with E-state index < -0.39 is 9.84 Å². The van der Waals surface area contributed by atoms with Crippen molar-refractivity contribution in [2.75, 3.05) is 49.8 Å². The molecule has 1 aliphatic rings. The summed E-state index contributed by atoms with van der Waals surface area (Å²) in [7, 11) is -1.26. The molecule has 0 radical (unpaired) electrons. The summed E-state index contributed by atoms with van der Waals surface area (Å²) in [6.07, 6.45) is 2.79. The van der Waals surface area contributed by atoms with Crippen LogP contribution in [0.5, 0.6) is 0 Å². The number of sulfone groups is 1. The van der Waals surface area contributed by atoms with Crippen LogP contribution in [0.4, 0.5) is 11.4 Å².